The Morgan fingerprint density at radius 2 is 2.24 bits per heavy atom. The molecule has 2 amide bonds. The van der Waals surface area contributed by atoms with Crippen LogP contribution in [0.2, 0.25) is 0 Å². The Hall–Kier alpha value is -2.70. The molecule has 1 saturated heterocycles. The first kappa shape index (κ1) is 17.1. The first-order chi connectivity index (χ1) is 12.2. The molecule has 0 spiro atoms. The van der Waals surface area contributed by atoms with Crippen LogP contribution < -0.4 is 5.32 Å². The van der Waals surface area contributed by atoms with Gasteiger partial charge in [0.05, 0.1) is 12.1 Å². The molecule has 7 heteroatoms. The quantitative estimate of drug-likeness (QED) is 0.824. The van der Waals surface area contributed by atoms with Crippen molar-refractivity contribution >= 4 is 11.8 Å². The van der Waals surface area contributed by atoms with Gasteiger partial charge in [0.25, 0.3) is 0 Å². The lowest BCUT2D eigenvalue weighted by atomic mass is 10.1. The van der Waals surface area contributed by atoms with Gasteiger partial charge >= 0.3 is 0 Å². The van der Waals surface area contributed by atoms with Gasteiger partial charge in [-0.1, -0.05) is 13.0 Å². The number of nitrogens with one attached hydrogen (secondary N) is 1. The van der Waals surface area contributed by atoms with E-state index in [1.54, 1.807) is 23.5 Å². The van der Waals surface area contributed by atoms with Crippen molar-refractivity contribution in [2.24, 2.45) is 5.92 Å². The van der Waals surface area contributed by atoms with Gasteiger partial charge in [-0.2, -0.15) is 5.10 Å². The highest BCUT2D eigenvalue weighted by Gasteiger charge is 2.34. The number of hydrogen-bond donors (Lipinski definition) is 1. The Morgan fingerprint density at radius 1 is 1.36 bits per heavy atom. The minimum Gasteiger partial charge on any atom is -0.352 e. The van der Waals surface area contributed by atoms with Crippen LogP contribution in [0.5, 0.6) is 0 Å². The zero-order valence-corrected chi connectivity index (χ0v) is 14.4. The van der Waals surface area contributed by atoms with Gasteiger partial charge in [0.15, 0.2) is 0 Å². The van der Waals surface area contributed by atoms with E-state index in [2.05, 4.69) is 22.3 Å². The number of likely N-dealkylation sites (tertiary alicyclic amines) is 1. The lowest BCUT2D eigenvalue weighted by molar-refractivity contribution is -0.129. The van der Waals surface area contributed by atoms with Crippen LogP contribution in [0, 0.1) is 5.92 Å². The number of rotatable bonds is 7. The molecule has 3 rings (SSSR count). The van der Waals surface area contributed by atoms with Crippen molar-refractivity contribution in [1.82, 2.24) is 25.0 Å². The van der Waals surface area contributed by atoms with E-state index in [0.29, 0.717) is 19.6 Å². The maximum atomic E-state index is 12.4. The number of aryl methyl sites for hydroxylation is 1. The Balaban J connectivity index is 1.50. The van der Waals surface area contributed by atoms with Gasteiger partial charge in [-0.3, -0.25) is 19.3 Å². The molecule has 0 aliphatic carbocycles. The SMILES string of the molecule is CCCn1cc(CNC(=O)[C@H]2CC(=O)N(Cc3cccnc3)C2)cn1. The molecule has 1 atom stereocenters. The van der Waals surface area contributed by atoms with Gasteiger partial charge in [0.2, 0.25) is 11.8 Å². The van der Waals surface area contributed by atoms with Crippen LogP contribution in [-0.4, -0.2) is 38.0 Å². The highest BCUT2D eigenvalue weighted by atomic mass is 16.2. The topological polar surface area (TPSA) is 80.1 Å². The van der Waals surface area contributed by atoms with Crippen LogP contribution >= 0.6 is 0 Å². The standard InChI is InChI=1S/C18H23N5O2/c1-2-6-23-12-15(10-21-23)9-20-18(25)16-7-17(24)22(13-16)11-14-4-3-5-19-8-14/h3-5,8,10,12,16H,2,6-7,9,11,13H2,1H3,(H,20,25)/t16-/m0/s1. The Morgan fingerprint density at radius 3 is 3.00 bits per heavy atom. The van der Waals surface area contributed by atoms with E-state index in [-0.39, 0.29) is 24.2 Å². The summed E-state index contributed by atoms with van der Waals surface area (Å²) in [4.78, 5) is 30.3. The van der Waals surface area contributed by atoms with E-state index in [1.165, 1.54) is 0 Å². The third-order valence-electron chi connectivity index (χ3n) is 4.29. The number of carbonyl (C=O) groups is 2. The second-order valence-corrected chi connectivity index (χ2v) is 6.37. The van der Waals surface area contributed by atoms with Crippen LogP contribution in [0.15, 0.2) is 36.9 Å². The molecule has 2 aromatic rings. The zero-order valence-electron chi connectivity index (χ0n) is 14.4. The van der Waals surface area contributed by atoms with E-state index >= 15 is 0 Å². The molecule has 7 nitrogen and oxygen atoms in total. The summed E-state index contributed by atoms with van der Waals surface area (Å²) in [7, 11) is 0. The first-order valence-electron chi connectivity index (χ1n) is 8.61. The van der Waals surface area contributed by atoms with Crippen LogP contribution in [-0.2, 0) is 29.2 Å². The Bertz CT molecular complexity index is 728. The normalized spacial score (nSPS) is 17.1. The molecule has 0 aromatic carbocycles. The second kappa shape index (κ2) is 7.92. The zero-order chi connectivity index (χ0) is 17.6. The lowest BCUT2D eigenvalue weighted by Gasteiger charge is -2.16. The predicted octanol–water partition coefficient (Wildman–Crippen LogP) is 1.35. The van der Waals surface area contributed by atoms with E-state index in [0.717, 1.165) is 24.1 Å². The van der Waals surface area contributed by atoms with Crippen molar-refractivity contribution < 1.29 is 9.59 Å². The van der Waals surface area contributed by atoms with E-state index in [1.807, 2.05) is 23.0 Å². The molecule has 1 aliphatic heterocycles. The van der Waals surface area contributed by atoms with Crippen molar-refractivity contribution in [3.8, 4) is 0 Å². The molecule has 0 radical (unpaired) electrons. The number of aromatic nitrogens is 3. The summed E-state index contributed by atoms with van der Waals surface area (Å²) >= 11 is 0. The van der Waals surface area contributed by atoms with Gasteiger partial charge in [-0.25, -0.2) is 0 Å². The van der Waals surface area contributed by atoms with E-state index in [4.69, 9.17) is 0 Å². The van der Waals surface area contributed by atoms with Gasteiger partial charge in [0.1, 0.15) is 0 Å². The minimum absolute atomic E-state index is 0.0137. The molecule has 0 saturated carbocycles. The molecule has 25 heavy (non-hydrogen) atoms. The van der Waals surface area contributed by atoms with Crippen LogP contribution in [0.1, 0.15) is 30.9 Å². The summed E-state index contributed by atoms with van der Waals surface area (Å²) in [5.74, 6) is -0.361. The van der Waals surface area contributed by atoms with Crippen molar-refractivity contribution in [2.75, 3.05) is 6.54 Å². The van der Waals surface area contributed by atoms with Crippen molar-refractivity contribution in [1.29, 1.82) is 0 Å². The smallest absolute Gasteiger partial charge is 0.225 e. The van der Waals surface area contributed by atoms with Gasteiger partial charge in [-0.15, -0.1) is 0 Å². The summed E-state index contributed by atoms with van der Waals surface area (Å²) < 4.78 is 1.87. The monoisotopic (exact) mass is 341 g/mol. The number of hydrogen-bond acceptors (Lipinski definition) is 4. The molecule has 1 fully saturated rings. The minimum atomic E-state index is -0.296. The van der Waals surface area contributed by atoms with Crippen molar-refractivity contribution in [2.45, 2.75) is 39.4 Å². The predicted molar refractivity (Wildman–Crippen MR) is 92.1 cm³/mol. The summed E-state index contributed by atoms with van der Waals surface area (Å²) in [5.41, 5.74) is 1.94. The molecule has 1 aliphatic rings. The fraction of sp³-hybridized carbons (Fsp3) is 0.444. The third kappa shape index (κ3) is 4.43. The van der Waals surface area contributed by atoms with Gasteiger partial charge in [0, 0.05) is 56.8 Å². The Labute approximate surface area is 147 Å². The second-order valence-electron chi connectivity index (χ2n) is 6.37. The summed E-state index contributed by atoms with van der Waals surface area (Å²) in [5, 5.41) is 7.17. The average Bonchev–Trinajstić information content (AvgIpc) is 3.21. The third-order valence-corrected chi connectivity index (χ3v) is 4.29. The number of pyridine rings is 1. The van der Waals surface area contributed by atoms with Crippen LogP contribution in [0.4, 0.5) is 0 Å². The maximum Gasteiger partial charge on any atom is 0.225 e. The molecular weight excluding hydrogens is 318 g/mol. The highest BCUT2D eigenvalue weighted by Crippen LogP contribution is 2.20. The van der Waals surface area contributed by atoms with Gasteiger partial charge < -0.3 is 10.2 Å². The van der Waals surface area contributed by atoms with E-state index < -0.39 is 0 Å². The summed E-state index contributed by atoms with van der Waals surface area (Å²) in [6.45, 7) is 4.36. The molecule has 0 bridgehead atoms. The Kier molecular flexibility index (Phi) is 5.42. The van der Waals surface area contributed by atoms with Gasteiger partial charge in [-0.05, 0) is 18.1 Å². The molecule has 0 unspecified atom stereocenters. The molecule has 3 heterocycles. The first-order valence-corrected chi connectivity index (χ1v) is 8.61. The fourth-order valence-electron chi connectivity index (χ4n) is 3.00. The molecule has 1 N–H and O–H groups in total. The number of carbonyl (C=O) groups excluding carboxylic acids is 2. The van der Waals surface area contributed by atoms with Crippen LogP contribution in [0.3, 0.4) is 0 Å². The number of nitrogens with zero attached hydrogens (tertiary/aromatic N) is 4. The fourth-order valence-corrected chi connectivity index (χ4v) is 3.00. The largest absolute Gasteiger partial charge is 0.352 e. The molecule has 2 aromatic heterocycles. The number of amides is 2. The van der Waals surface area contributed by atoms with E-state index in [9.17, 15) is 9.59 Å². The highest BCUT2D eigenvalue weighted by molar-refractivity contribution is 5.89. The van der Waals surface area contributed by atoms with Crippen molar-refractivity contribution in [3.63, 3.8) is 0 Å². The average molecular weight is 341 g/mol. The van der Waals surface area contributed by atoms with Crippen LogP contribution in [0.25, 0.3) is 0 Å². The van der Waals surface area contributed by atoms with Crippen molar-refractivity contribution in [3.05, 3.63) is 48.0 Å². The molecular formula is C18H23N5O2. The maximum absolute atomic E-state index is 12.4. The summed E-state index contributed by atoms with van der Waals surface area (Å²) in [6.07, 6.45) is 8.44. The lowest BCUT2D eigenvalue weighted by Crippen LogP contribution is -2.32. The summed E-state index contributed by atoms with van der Waals surface area (Å²) in [6, 6.07) is 3.78. The molecule has 132 valence electrons.